The molecule has 2 aromatic rings. The SMILES string of the molecule is NCC#Cc1ccc(C(=O)NCCc2cnc[nH]2)s1. The van der Waals surface area contributed by atoms with E-state index in [2.05, 4.69) is 27.1 Å². The summed E-state index contributed by atoms with van der Waals surface area (Å²) >= 11 is 1.37. The van der Waals surface area contributed by atoms with Crippen LogP contribution in [0.3, 0.4) is 0 Å². The number of aromatic amines is 1. The van der Waals surface area contributed by atoms with Crippen molar-refractivity contribution in [3.05, 3.63) is 40.1 Å². The molecule has 0 atom stereocenters. The highest BCUT2D eigenvalue weighted by Gasteiger charge is 2.07. The summed E-state index contributed by atoms with van der Waals surface area (Å²) in [6.45, 7) is 0.895. The highest BCUT2D eigenvalue weighted by molar-refractivity contribution is 7.14. The van der Waals surface area contributed by atoms with Crippen LogP contribution in [0.2, 0.25) is 0 Å². The number of nitrogens with two attached hydrogens (primary N) is 1. The summed E-state index contributed by atoms with van der Waals surface area (Å²) in [6, 6.07) is 3.61. The fraction of sp³-hybridized carbons (Fsp3) is 0.231. The van der Waals surface area contributed by atoms with Crippen molar-refractivity contribution in [1.82, 2.24) is 15.3 Å². The van der Waals surface area contributed by atoms with Gasteiger partial charge in [0, 0.05) is 24.9 Å². The summed E-state index contributed by atoms with van der Waals surface area (Å²) in [4.78, 5) is 20.3. The molecule has 0 aliphatic rings. The maximum absolute atomic E-state index is 11.9. The van der Waals surface area contributed by atoms with Crippen molar-refractivity contribution in [1.29, 1.82) is 0 Å². The Morgan fingerprint density at radius 1 is 1.53 bits per heavy atom. The van der Waals surface area contributed by atoms with Gasteiger partial charge >= 0.3 is 0 Å². The second-order valence-corrected chi connectivity index (χ2v) is 4.84. The highest BCUT2D eigenvalue weighted by Crippen LogP contribution is 2.15. The van der Waals surface area contributed by atoms with Gasteiger partial charge in [-0.05, 0) is 12.1 Å². The zero-order valence-electron chi connectivity index (χ0n) is 10.3. The van der Waals surface area contributed by atoms with Gasteiger partial charge in [-0.3, -0.25) is 4.79 Å². The minimum absolute atomic E-state index is 0.0784. The van der Waals surface area contributed by atoms with Crippen LogP contribution in [-0.4, -0.2) is 29.0 Å². The fourth-order valence-corrected chi connectivity index (χ4v) is 2.28. The van der Waals surface area contributed by atoms with Gasteiger partial charge in [-0.1, -0.05) is 11.8 Å². The molecule has 1 amide bonds. The number of imidazole rings is 1. The highest BCUT2D eigenvalue weighted by atomic mass is 32.1. The third-order valence-corrected chi connectivity index (χ3v) is 3.38. The summed E-state index contributed by atoms with van der Waals surface area (Å²) in [6.07, 6.45) is 4.10. The van der Waals surface area contributed by atoms with Crippen LogP contribution in [0.15, 0.2) is 24.7 Å². The second kappa shape index (κ2) is 6.73. The van der Waals surface area contributed by atoms with E-state index in [1.165, 1.54) is 11.3 Å². The van der Waals surface area contributed by atoms with E-state index in [4.69, 9.17) is 5.73 Å². The average Bonchev–Trinajstić information content (AvgIpc) is 3.07. The third-order valence-electron chi connectivity index (χ3n) is 2.38. The molecule has 2 heterocycles. The standard InChI is InChI=1S/C13H14N4OS/c14-6-1-2-11-3-4-12(19-11)13(18)16-7-5-10-8-15-9-17-10/h3-4,8-9H,5-7,14H2,(H,15,17)(H,16,18). The number of nitrogens with one attached hydrogen (secondary N) is 2. The first-order valence-corrected chi connectivity index (χ1v) is 6.65. The van der Waals surface area contributed by atoms with Gasteiger partial charge in [-0.2, -0.15) is 0 Å². The number of H-pyrrole nitrogens is 1. The molecule has 19 heavy (non-hydrogen) atoms. The maximum atomic E-state index is 11.9. The minimum atomic E-state index is -0.0784. The number of nitrogens with zero attached hydrogens (tertiary/aromatic N) is 1. The first kappa shape index (κ1) is 13.3. The molecule has 5 nitrogen and oxygen atoms in total. The van der Waals surface area contributed by atoms with E-state index >= 15 is 0 Å². The number of hydrogen-bond acceptors (Lipinski definition) is 4. The zero-order valence-corrected chi connectivity index (χ0v) is 11.1. The van der Waals surface area contributed by atoms with Crippen molar-refractivity contribution in [2.24, 2.45) is 5.73 Å². The lowest BCUT2D eigenvalue weighted by Crippen LogP contribution is -2.24. The number of thiophene rings is 1. The van der Waals surface area contributed by atoms with Crippen LogP contribution in [-0.2, 0) is 6.42 Å². The van der Waals surface area contributed by atoms with Crippen LogP contribution < -0.4 is 11.1 Å². The fourth-order valence-electron chi connectivity index (χ4n) is 1.48. The summed E-state index contributed by atoms with van der Waals surface area (Å²) in [5.74, 6) is 5.59. The molecule has 0 aromatic carbocycles. The van der Waals surface area contributed by atoms with E-state index in [1.807, 2.05) is 6.07 Å². The van der Waals surface area contributed by atoms with Crippen LogP contribution >= 0.6 is 11.3 Å². The lowest BCUT2D eigenvalue weighted by molar-refractivity contribution is 0.0958. The predicted octanol–water partition coefficient (Wildman–Crippen LogP) is 0.754. The normalized spacial score (nSPS) is 9.74. The molecule has 0 bridgehead atoms. The van der Waals surface area contributed by atoms with E-state index < -0.39 is 0 Å². The number of carbonyl (C=O) groups excluding carboxylic acids is 1. The molecule has 0 fully saturated rings. The summed E-state index contributed by atoms with van der Waals surface area (Å²) in [7, 11) is 0. The van der Waals surface area contributed by atoms with Gasteiger partial charge in [-0.15, -0.1) is 11.3 Å². The third kappa shape index (κ3) is 3.95. The van der Waals surface area contributed by atoms with Crippen molar-refractivity contribution in [2.75, 3.05) is 13.1 Å². The van der Waals surface area contributed by atoms with Crippen LogP contribution in [0.5, 0.6) is 0 Å². The number of amides is 1. The molecular formula is C13H14N4OS. The maximum Gasteiger partial charge on any atom is 0.261 e. The van der Waals surface area contributed by atoms with Crippen LogP contribution in [0, 0.1) is 11.8 Å². The Hall–Kier alpha value is -2.10. The summed E-state index contributed by atoms with van der Waals surface area (Å²) in [5.41, 5.74) is 6.30. The topological polar surface area (TPSA) is 83.8 Å². The number of aromatic nitrogens is 2. The number of rotatable bonds is 4. The number of hydrogen-bond donors (Lipinski definition) is 3. The Labute approximate surface area is 115 Å². The molecule has 6 heteroatoms. The van der Waals surface area contributed by atoms with Gasteiger partial charge in [0.05, 0.1) is 22.6 Å². The monoisotopic (exact) mass is 274 g/mol. The zero-order chi connectivity index (χ0) is 13.5. The lowest BCUT2D eigenvalue weighted by atomic mass is 10.3. The molecule has 0 saturated carbocycles. The minimum Gasteiger partial charge on any atom is -0.351 e. The Kier molecular flexibility index (Phi) is 4.72. The van der Waals surface area contributed by atoms with Crippen molar-refractivity contribution in [2.45, 2.75) is 6.42 Å². The Morgan fingerprint density at radius 2 is 2.42 bits per heavy atom. The Balaban J connectivity index is 1.84. The molecule has 0 radical (unpaired) electrons. The molecule has 98 valence electrons. The van der Waals surface area contributed by atoms with E-state index in [0.717, 1.165) is 17.0 Å². The average molecular weight is 274 g/mol. The molecule has 0 spiro atoms. The number of carbonyl (C=O) groups is 1. The van der Waals surface area contributed by atoms with Crippen molar-refractivity contribution >= 4 is 17.2 Å². The van der Waals surface area contributed by atoms with Crippen molar-refractivity contribution in [3.63, 3.8) is 0 Å². The lowest BCUT2D eigenvalue weighted by Gasteiger charge is -2.01. The van der Waals surface area contributed by atoms with Crippen LogP contribution in [0.1, 0.15) is 20.2 Å². The van der Waals surface area contributed by atoms with Crippen LogP contribution in [0.4, 0.5) is 0 Å². The van der Waals surface area contributed by atoms with Gasteiger partial charge in [0.2, 0.25) is 0 Å². The van der Waals surface area contributed by atoms with Gasteiger partial charge in [0.15, 0.2) is 0 Å². The molecule has 2 rings (SSSR count). The smallest absolute Gasteiger partial charge is 0.261 e. The first-order valence-electron chi connectivity index (χ1n) is 5.84. The van der Waals surface area contributed by atoms with Gasteiger partial charge in [0.25, 0.3) is 5.91 Å². The van der Waals surface area contributed by atoms with Gasteiger partial charge in [-0.25, -0.2) is 4.98 Å². The van der Waals surface area contributed by atoms with Crippen molar-refractivity contribution in [3.8, 4) is 11.8 Å². The molecule has 4 N–H and O–H groups in total. The molecule has 0 aliphatic heterocycles. The molecular weight excluding hydrogens is 260 g/mol. The molecule has 0 saturated heterocycles. The quantitative estimate of drug-likeness (QED) is 0.719. The first-order chi connectivity index (χ1) is 9.29. The van der Waals surface area contributed by atoms with Gasteiger partial charge in [0.1, 0.15) is 0 Å². The Bertz CT molecular complexity index is 592. The second-order valence-electron chi connectivity index (χ2n) is 3.75. The van der Waals surface area contributed by atoms with Crippen molar-refractivity contribution < 1.29 is 4.79 Å². The largest absolute Gasteiger partial charge is 0.351 e. The summed E-state index contributed by atoms with van der Waals surface area (Å²) < 4.78 is 0. The Morgan fingerprint density at radius 3 is 3.16 bits per heavy atom. The molecule has 0 unspecified atom stereocenters. The van der Waals surface area contributed by atoms with E-state index in [0.29, 0.717) is 18.0 Å². The predicted molar refractivity (Wildman–Crippen MR) is 74.9 cm³/mol. The van der Waals surface area contributed by atoms with E-state index in [9.17, 15) is 4.79 Å². The van der Waals surface area contributed by atoms with Gasteiger partial charge < -0.3 is 16.0 Å². The summed E-state index contributed by atoms with van der Waals surface area (Å²) in [5, 5.41) is 2.86. The molecule has 2 aromatic heterocycles. The van der Waals surface area contributed by atoms with E-state index in [1.54, 1.807) is 18.6 Å². The van der Waals surface area contributed by atoms with Crippen LogP contribution in [0.25, 0.3) is 0 Å². The molecule has 0 aliphatic carbocycles. The van der Waals surface area contributed by atoms with E-state index in [-0.39, 0.29) is 5.91 Å².